The van der Waals surface area contributed by atoms with Gasteiger partial charge in [-0.2, -0.15) is 0 Å². The highest BCUT2D eigenvalue weighted by Crippen LogP contribution is 2.16. The Labute approximate surface area is 398 Å². The van der Waals surface area contributed by atoms with Crippen LogP contribution in [0.25, 0.3) is 0 Å². The number of unbranched alkanes of at least 4 members (excludes halogenated alkanes) is 37. The van der Waals surface area contributed by atoms with Crippen LogP contribution in [0.1, 0.15) is 296 Å². The molecule has 2 atom stereocenters. The van der Waals surface area contributed by atoms with Gasteiger partial charge in [0.15, 0.2) is 0 Å². The van der Waals surface area contributed by atoms with Gasteiger partial charge in [0, 0.05) is 12.8 Å². The number of amides is 1. The first kappa shape index (κ1) is 62.1. The lowest BCUT2D eigenvalue weighted by Gasteiger charge is -2.19. The highest BCUT2D eigenvalue weighted by atomic mass is 16.5. The van der Waals surface area contributed by atoms with E-state index < -0.39 is 12.1 Å². The van der Waals surface area contributed by atoms with Crippen LogP contribution in [0.3, 0.4) is 0 Å². The molecule has 2 unspecified atom stereocenters. The van der Waals surface area contributed by atoms with E-state index in [0.29, 0.717) is 19.4 Å². The van der Waals surface area contributed by atoms with E-state index in [2.05, 4.69) is 43.5 Å². The molecule has 0 aromatic rings. The molecular weight excluding hydrogens is 791 g/mol. The molecule has 3 N–H and O–H groups in total. The largest absolute Gasteiger partial charge is 0.466 e. The Kier molecular flexibility index (Phi) is 52.1. The van der Waals surface area contributed by atoms with Gasteiger partial charge >= 0.3 is 5.97 Å². The molecule has 0 radical (unpaired) electrons. The van der Waals surface area contributed by atoms with Gasteiger partial charge in [0.1, 0.15) is 0 Å². The summed E-state index contributed by atoms with van der Waals surface area (Å²) in [6.45, 7) is 4.86. The van der Waals surface area contributed by atoms with Crippen LogP contribution in [0.4, 0.5) is 0 Å². The summed E-state index contributed by atoms with van der Waals surface area (Å²) in [6.07, 6.45) is 65.9. The fourth-order valence-electron chi connectivity index (χ4n) is 8.50. The second kappa shape index (κ2) is 53.7. The van der Waals surface area contributed by atoms with Crippen molar-refractivity contribution in [2.45, 2.75) is 309 Å². The molecule has 376 valence electrons. The average molecular weight is 901 g/mol. The van der Waals surface area contributed by atoms with E-state index in [4.69, 9.17) is 4.74 Å². The Morgan fingerprint density at radius 2 is 0.734 bits per heavy atom. The smallest absolute Gasteiger partial charge is 0.305 e. The topological polar surface area (TPSA) is 95.9 Å². The lowest BCUT2D eigenvalue weighted by Crippen LogP contribution is -2.45. The van der Waals surface area contributed by atoms with Crippen LogP contribution in [0.15, 0.2) is 36.5 Å². The maximum absolute atomic E-state index is 12.4. The zero-order valence-corrected chi connectivity index (χ0v) is 42.8. The molecule has 0 fully saturated rings. The molecule has 6 heteroatoms. The van der Waals surface area contributed by atoms with Gasteiger partial charge in [-0.25, -0.2) is 0 Å². The van der Waals surface area contributed by atoms with Crippen molar-refractivity contribution in [2.24, 2.45) is 0 Å². The van der Waals surface area contributed by atoms with E-state index in [9.17, 15) is 19.8 Å². The molecule has 0 saturated heterocycles. The summed E-state index contributed by atoms with van der Waals surface area (Å²) in [5.41, 5.74) is 0. The summed E-state index contributed by atoms with van der Waals surface area (Å²) in [4.78, 5) is 24.5. The van der Waals surface area contributed by atoms with Gasteiger partial charge in [-0.15, -0.1) is 0 Å². The number of nitrogens with one attached hydrogen (secondary N) is 1. The van der Waals surface area contributed by atoms with Gasteiger partial charge in [0.25, 0.3) is 0 Å². The van der Waals surface area contributed by atoms with E-state index in [1.807, 2.05) is 6.08 Å². The van der Waals surface area contributed by atoms with Crippen molar-refractivity contribution in [3.63, 3.8) is 0 Å². The number of esters is 1. The minimum absolute atomic E-state index is 0.0147. The highest BCUT2D eigenvalue weighted by Gasteiger charge is 2.18. The summed E-state index contributed by atoms with van der Waals surface area (Å²) >= 11 is 0. The molecule has 0 rings (SSSR count). The summed E-state index contributed by atoms with van der Waals surface area (Å²) in [6, 6.07) is -0.648. The van der Waals surface area contributed by atoms with Crippen molar-refractivity contribution in [1.29, 1.82) is 0 Å². The summed E-state index contributed by atoms with van der Waals surface area (Å²) in [5, 5.41) is 23.1. The molecule has 6 nitrogen and oxygen atoms in total. The first-order valence-electron chi connectivity index (χ1n) is 28.3. The molecule has 0 aliphatic carbocycles. The Morgan fingerprint density at radius 1 is 0.422 bits per heavy atom. The molecule has 0 aliphatic rings. The third-order valence-electron chi connectivity index (χ3n) is 12.9. The van der Waals surface area contributed by atoms with Crippen LogP contribution < -0.4 is 5.32 Å². The van der Waals surface area contributed by atoms with E-state index in [1.54, 1.807) is 6.08 Å². The molecule has 0 aliphatic heterocycles. The number of ether oxygens (including phenoxy) is 1. The average Bonchev–Trinajstić information content (AvgIpc) is 3.29. The normalized spacial score (nSPS) is 12.9. The zero-order chi connectivity index (χ0) is 46.5. The lowest BCUT2D eigenvalue weighted by atomic mass is 10.0. The van der Waals surface area contributed by atoms with Crippen LogP contribution in [0.2, 0.25) is 0 Å². The van der Waals surface area contributed by atoms with Gasteiger partial charge in [-0.05, 0) is 83.5 Å². The third-order valence-corrected chi connectivity index (χ3v) is 12.9. The highest BCUT2D eigenvalue weighted by molar-refractivity contribution is 5.76. The van der Waals surface area contributed by atoms with Crippen molar-refractivity contribution >= 4 is 11.9 Å². The van der Waals surface area contributed by atoms with Gasteiger partial charge in [0.2, 0.25) is 5.91 Å². The molecule has 0 bridgehead atoms. The van der Waals surface area contributed by atoms with E-state index >= 15 is 0 Å². The quantitative estimate of drug-likeness (QED) is 0.0321. The molecule has 0 heterocycles. The lowest BCUT2D eigenvalue weighted by molar-refractivity contribution is -0.143. The first-order valence-corrected chi connectivity index (χ1v) is 28.3. The first-order chi connectivity index (χ1) is 31.5. The SMILES string of the molecule is CCCCCCCC/C=C\CCCCCCCCCCCC(=O)OCCCCCCCC/C=C\CCCCCC(=O)NC(CO)C(O)/C=C/CCCCCCCCCCCCCCC. The van der Waals surface area contributed by atoms with Crippen LogP contribution in [0, 0.1) is 0 Å². The molecule has 0 aromatic carbocycles. The molecule has 64 heavy (non-hydrogen) atoms. The molecule has 1 amide bonds. The van der Waals surface area contributed by atoms with Crippen LogP contribution >= 0.6 is 0 Å². The number of hydrogen-bond acceptors (Lipinski definition) is 5. The molecule has 0 spiro atoms. The van der Waals surface area contributed by atoms with Gasteiger partial charge in [-0.3, -0.25) is 9.59 Å². The molecule has 0 saturated carbocycles. The van der Waals surface area contributed by atoms with Gasteiger partial charge < -0.3 is 20.3 Å². The van der Waals surface area contributed by atoms with Crippen molar-refractivity contribution in [3.8, 4) is 0 Å². The number of rotatable bonds is 52. The van der Waals surface area contributed by atoms with E-state index in [1.165, 1.54) is 199 Å². The Bertz CT molecular complexity index is 1040. The van der Waals surface area contributed by atoms with E-state index in [-0.39, 0.29) is 18.5 Å². The third kappa shape index (κ3) is 49.5. The van der Waals surface area contributed by atoms with Crippen LogP contribution in [0.5, 0.6) is 0 Å². The maximum atomic E-state index is 12.4. The number of aliphatic hydroxyl groups excluding tert-OH is 2. The minimum atomic E-state index is -0.862. The number of hydrogen-bond donors (Lipinski definition) is 3. The van der Waals surface area contributed by atoms with Crippen molar-refractivity contribution < 1.29 is 24.5 Å². The summed E-state index contributed by atoms with van der Waals surface area (Å²) < 4.78 is 5.47. The minimum Gasteiger partial charge on any atom is -0.466 e. The molecule has 0 aromatic heterocycles. The van der Waals surface area contributed by atoms with Crippen LogP contribution in [-0.4, -0.2) is 47.4 Å². The van der Waals surface area contributed by atoms with E-state index in [0.717, 1.165) is 70.6 Å². The second-order valence-electron chi connectivity index (χ2n) is 19.3. The van der Waals surface area contributed by atoms with Crippen molar-refractivity contribution in [3.05, 3.63) is 36.5 Å². The Morgan fingerprint density at radius 3 is 1.12 bits per heavy atom. The number of allylic oxidation sites excluding steroid dienone is 5. The Hall–Kier alpha value is -1.92. The van der Waals surface area contributed by atoms with Gasteiger partial charge in [0.05, 0.1) is 25.4 Å². The monoisotopic (exact) mass is 900 g/mol. The summed E-state index contributed by atoms with van der Waals surface area (Å²) in [7, 11) is 0. The Balaban J connectivity index is 3.50. The predicted molar refractivity (Wildman–Crippen MR) is 278 cm³/mol. The zero-order valence-electron chi connectivity index (χ0n) is 42.8. The second-order valence-corrected chi connectivity index (χ2v) is 19.3. The van der Waals surface area contributed by atoms with Gasteiger partial charge in [-0.1, -0.05) is 237 Å². The van der Waals surface area contributed by atoms with Crippen LogP contribution in [-0.2, 0) is 14.3 Å². The standard InChI is InChI=1S/C58H109NO5/c1-3-5-7-9-11-13-15-17-19-20-21-22-24-28-32-36-40-44-48-52-58(63)64-53-49-45-41-37-33-29-25-27-31-35-39-43-47-51-57(62)59-55(54-60)56(61)50-46-42-38-34-30-26-23-18-16-14-12-10-8-6-4-2/h17,19,27,31,46,50,55-56,60-61H,3-16,18,20-26,28-30,32-45,47-49,51-54H2,1-2H3,(H,59,62)/b19-17-,31-27-,50-46+. The van der Waals surface area contributed by atoms with Crippen molar-refractivity contribution in [2.75, 3.05) is 13.2 Å². The molecular formula is C58H109NO5. The number of carbonyl (C=O) groups is 2. The van der Waals surface area contributed by atoms with Crippen molar-refractivity contribution in [1.82, 2.24) is 5.32 Å². The number of carbonyl (C=O) groups excluding carboxylic acids is 2. The maximum Gasteiger partial charge on any atom is 0.305 e. The summed E-state index contributed by atoms with van der Waals surface area (Å²) in [5.74, 6) is -0.112. The fourth-order valence-corrected chi connectivity index (χ4v) is 8.50. The predicted octanol–water partition coefficient (Wildman–Crippen LogP) is 17.2. The fraction of sp³-hybridized carbons (Fsp3) is 0.862. The number of aliphatic hydroxyl groups is 2.